The minimum atomic E-state index is -3.12. The first-order valence-electron chi connectivity index (χ1n) is 5.25. The maximum absolute atomic E-state index is 12.1. The van der Waals surface area contributed by atoms with Gasteiger partial charge in [-0.3, -0.25) is 0 Å². The van der Waals surface area contributed by atoms with Gasteiger partial charge in [0.25, 0.3) is 0 Å². The average molecular weight is 232 g/mol. The van der Waals surface area contributed by atoms with E-state index in [9.17, 15) is 8.42 Å². The summed E-state index contributed by atoms with van der Waals surface area (Å²) in [5, 5.41) is 2.95. The third-order valence-corrected chi connectivity index (χ3v) is 4.95. The van der Waals surface area contributed by atoms with Crippen molar-refractivity contribution in [3.8, 4) is 0 Å². The van der Waals surface area contributed by atoms with Gasteiger partial charge in [0.2, 0.25) is 10.0 Å². The molecule has 1 rings (SSSR count). The lowest BCUT2D eigenvalue weighted by Crippen LogP contribution is -2.42. The summed E-state index contributed by atoms with van der Waals surface area (Å²) in [5.74, 6) is 0. The van der Waals surface area contributed by atoms with Crippen LogP contribution in [0.2, 0.25) is 0 Å². The molecule has 0 spiro atoms. The van der Waals surface area contributed by atoms with Gasteiger partial charge in [0, 0.05) is 13.6 Å². The Balaban J connectivity index is 2.67. The van der Waals surface area contributed by atoms with Crippen molar-refractivity contribution in [3.05, 3.63) is 12.2 Å². The summed E-state index contributed by atoms with van der Waals surface area (Å²) in [6.07, 6.45) is 1.42. The van der Waals surface area contributed by atoms with E-state index in [2.05, 4.69) is 11.9 Å². The number of hydrogen-bond donors (Lipinski definition) is 1. The van der Waals surface area contributed by atoms with Crippen molar-refractivity contribution in [1.29, 1.82) is 0 Å². The molecule has 4 nitrogen and oxygen atoms in total. The van der Waals surface area contributed by atoms with Crippen LogP contribution in [-0.4, -0.2) is 44.7 Å². The van der Waals surface area contributed by atoms with Crippen LogP contribution in [-0.2, 0) is 10.0 Å². The molecule has 1 N–H and O–H groups in total. The molecule has 15 heavy (non-hydrogen) atoms. The van der Waals surface area contributed by atoms with E-state index in [0.717, 1.165) is 18.7 Å². The van der Waals surface area contributed by atoms with E-state index in [1.54, 1.807) is 7.05 Å². The third-order valence-electron chi connectivity index (χ3n) is 2.63. The molecule has 5 heteroatoms. The van der Waals surface area contributed by atoms with E-state index in [0.29, 0.717) is 19.4 Å². The first-order valence-corrected chi connectivity index (χ1v) is 6.75. The second-order valence-corrected chi connectivity index (χ2v) is 6.53. The van der Waals surface area contributed by atoms with Crippen LogP contribution in [0, 0.1) is 0 Å². The Kier molecular flexibility index (Phi) is 4.31. The molecule has 0 aromatic heterocycles. The molecule has 1 saturated heterocycles. The van der Waals surface area contributed by atoms with Crippen molar-refractivity contribution in [2.24, 2.45) is 0 Å². The second kappa shape index (κ2) is 5.09. The van der Waals surface area contributed by atoms with Crippen molar-refractivity contribution < 1.29 is 8.42 Å². The molecule has 1 aliphatic rings. The van der Waals surface area contributed by atoms with Gasteiger partial charge in [-0.1, -0.05) is 12.2 Å². The first kappa shape index (κ1) is 12.7. The van der Waals surface area contributed by atoms with Crippen molar-refractivity contribution in [3.63, 3.8) is 0 Å². The SMILES string of the molecule is C=C(C)CN(C)S(=O)(=O)C1CCNCC1. The molecule has 0 bridgehead atoms. The highest BCUT2D eigenvalue weighted by molar-refractivity contribution is 7.89. The number of sulfonamides is 1. The fourth-order valence-electron chi connectivity index (χ4n) is 1.82. The van der Waals surface area contributed by atoms with Crippen LogP contribution < -0.4 is 5.32 Å². The third kappa shape index (κ3) is 3.29. The smallest absolute Gasteiger partial charge is 0.217 e. The first-order chi connectivity index (χ1) is 6.94. The van der Waals surface area contributed by atoms with E-state index in [-0.39, 0.29) is 5.25 Å². The molecule has 0 unspecified atom stereocenters. The van der Waals surface area contributed by atoms with E-state index in [1.165, 1.54) is 4.31 Å². The zero-order valence-corrected chi connectivity index (χ0v) is 10.3. The van der Waals surface area contributed by atoms with Gasteiger partial charge in [-0.2, -0.15) is 0 Å². The molecule has 1 aliphatic heterocycles. The summed E-state index contributed by atoms with van der Waals surface area (Å²) in [6.45, 7) is 7.59. The van der Waals surface area contributed by atoms with Crippen molar-refractivity contribution in [2.75, 3.05) is 26.7 Å². The molecule has 0 atom stereocenters. The van der Waals surface area contributed by atoms with Crippen LogP contribution in [0.4, 0.5) is 0 Å². The second-order valence-electron chi connectivity index (χ2n) is 4.21. The van der Waals surface area contributed by atoms with Crippen LogP contribution in [0.15, 0.2) is 12.2 Å². The number of piperidine rings is 1. The summed E-state index contributed by atoms with van der Waals surface area (Å²) >= 11 is 0. The van der Waals surface area contributed by atoms with Crippen molar-refractivity contribution in [1.82, 2.24) is 9.62 Å². The molecule has 0 aromatic rings. The topological polar surface area (TPSA) is 49.4 Å². The predicted molar refractivity (Wildman–Crippen MR) is 62.3 cm³/mol. The summed E-state index contributed by atoms with van der Waals surface area (Å²) in [6, 6.07) is 0. The van der Waals surface area contributed by atoms with Gasteiger partial charge in [0.05, 0.1) is 5.25 Å². The maximum atomic E-state index is 12.1. The van der Waals surface area contributed by atoms with Crippen molar-refractivity contribution in [2.45, 2.75) is 25.0 Å². The van der Waals surface area contributed by atoms with Gasteiger partial charge in [-0.25, -0.2) is 12.7 Å². The zero-order chi connectivity index (χ0) is 11.5. The maximum Gasteiger partial charge on any atom is 0.217 e. The van der Waals surface area contributed by atoms with Crippen LogP contribution >= 0.6 is 0 Å². The molecule has 0 aromatic carbocycles. The Morgan fingerprint density at radius 1 is 1.47 bits per heavy atom. The number of rotatable bonds is 4. The summed E-state index contributed by atoms with van der Waals surface area (Å²) < 4.78 is 25.6. The van der Waals surface area contributed by atoms with Gasteiger partial charge in [-0.15, -0.1) is 0 Å². The lowest BCUT2D eigenvalue weighted by Gasteiger charge is -2.27. The van der Waals surface area contributed by atoms with E-state index >= 15 is 0 Å². The summed E-state index contributed by atoms with van der Waals surface area (Å²) in [5.41, 5.74) is 0.870. The van der Waals surface area contributed by atoms with Crippen LogP contribution in [0.5, 0.6) is 0 Å². The predicted octanol–water partition coefficient (Wildman–Crippen LogP) is 0.576. The molecule has 1 heterocycles. The van der Waals surface area contributed by atoms with E-state index in [4.69, 9.17) is 0 Å². The number of nitrogens with zero attached hydrogens (tertiary/aromatic N) is 1. The largest absolute Gasteiger partial charge is 0.317 e. The molecule has 0 saturated carbocycles. The summed E-state index contributed by atoms with van der Waals surface area (Å²) in [7, 11) is -1.49. The highest BCUT2D eigenvalue weighted by Gasteiger charge is 2.30. The highest BCUT2D eigenvalue weighted by atomic mass is 32.2. The zero-order valence-electron chi connectivity index (χ0n) is 9.49. The lowest BCUT2D eigenvalue weighted by atomic mass is 10.2. The molecule has 0 amide bonds. The van der Waals surface area contributed by atoms with E-state index in [1.807, 2.05) is 6.92 Å². The van der Waals surface area contributed by atoms with Gasteiger partial charge >= 0.3 is 0 Å². The quantitative estimate of drug-likeness (QED) is 0.721. The minimum Gasteiger partial charge on any atom is -0.317 e. The van der Waals surface area contributed by atoms with E-state index < -0.39 is 10.0 Å². The van der Waals surface area contributed by atoms with Gasteiger partial charge < -0.3 is 5.32 Å². The average Bonchev–Trinajstić information content (AvgIpc) is 2.18. The Morgan fingerprint density at radius 2 is 2.00 bits per heavy atom. The molecule has 0 radical (unpaired) electrons. The normalized spacial score (nSPS) is 19.4. The Bertz CT molecular complexity index is 318. The van der Waals surface area contributed by atoms with Gasteiger partial charge in [-0.05, 0) is 32.9 Å². The van der Waals surface area contributed by atoms with Crippen LogP contribution in [0.25, 0.3) is 0 Å². The fraction of sp³-hybridized carbons (Fsp3) is 0.800. The minimum absolute atomic E-state index is 0.219. The van der Waals surface area contributed by atoms with Crippen LogP contribution in [0.1, 0.15) is 19.8 Å². The van der Waals surface area contributed by atoms with Crippen LogP contribution in [0.3, 0.4) is 0 Å². The Hall–Kier alpha value is -0.390. The highest BCUT2D eigenvalue weighted by Crippen LogP contribution is 2.17. The summed E-state index contributed by atoms with van der Waals surface area (Å²) in [4.78, 5) is 0. The van der Waals surface area contributed by atoms with Gasteiger partial charge in [0.1, 0.15) is 0 Å². The molecule has 1 fully saturated rings. The lowest BCUT2D eigenvalue weighted by molar-refractivity contribution is 0.444. The monoisotopic (exact) mass is 232 g/mol. The Labute approximate surface area is 92.4 Å². The number of likely N-dealkylation sites (N-methyl/N-ethyl adjacent to an activating group) is 1. The molecule has 0 aliphatic carbocycles. The van der Waals surface area contributed by atoms with Crippen molar-refractivity contribution >= 4 is 10.0 Å². The standard InChI is InChI=1S/C10H20N2O2S/c1-9(2)8-12(3)15(13,14)10-4-6-11-7-5-10/h10-11H,1,4-8H2,2-3H3. The molecular weight excluding hydrogens is 212 g/mol. The fourth-order valence-corrected chi connectivity index (χ4v) is 3.56. The number of hydrogen-bond acceptors (Lipinski definition) is 3. The van der Waals surface area contributed by atoms with Gasteiger partial charge in [0.15, 0.2) is 0 Å². The number of nitrogens with one attached hydrogen (secondary N) is 1. The molecular formula is C10H20N2O2S. The molecule has 88 valence electrons. The Morgan fingerprint density at radius 3 is 2.47 bits per heavy atom.